The van der Waals surface area contributed by atoms with Crippen LogP contribution in [0.5, 0.6) is 0 Å². The minimum absolute atomic E-state index is 0.134. The zero-order valence-corrected chi connectivity index (χ0v) is 5.55. The number of hydrogen-bond donors (Lipinski definition) is 1. The van der Waals surface area contributed by atoms with E-state index < -0.39 is 0 Å². The molecule has 0 aromatic heterocycles. The van der Waals surface area contributed by atoms with Gasteiger partial charge in [-0.15, -0.1) is 0 Å². The molecule has 0 saturated heterocycles. The molecule has 2 heteroatoms. The molecule has 1 aliphatic rings. The van der Waals surface area contributed by atoms with Crippen LogP contribution in [-0.2, 0) is 4.79 Å². The molecule has 1 atom stereocenters. The Bertz CT molecular complexity index is 99.1. The average Bonchev–Trinajstić information content (AvgIpc) is 2.50. The summed E-state index contributed by atoms with van der Waals surface area (Å²) in [5.41, 5.74) is 5.59. The van der Waals surface area contributed by atoms with Crippen molar-refractivity contribution in [2.75, 3.05) is 0 Å². The minimum atomic E-state index is 0.134. The number of aldehydes is 1. The third-order valence-corrected chi connectivity index (χ3v) is 1.73. The molecule has 2 N–H and O–H groups in total. The number of carbonyl (C=O) groups excluding carboxylic acids is 1. The van der Waals surface area contributed by atoms with E-state index in [4.69, 9.17) is 5.73 Å². The monoisotopic (exact) mass is 127 g/mol. The highest BCUT2D eigenvalue weighted by Crippen LogP contribution is 2.33. The molecule has 0 spiro atoms. The Kier molecular flexibility index (Phi) is 2.22. The molecule has 1 rings (SSSR count). The standard InChI is InChI=1S/C7H13NO/c8-7(3-4-9)5-6-1-2-6/h4,6-7H,1-3,5,8H2. The Morgan fingerprint density at radius 1 is 1.67 bits per heavy atom. The maximum absolute atomic E-state index is 9.94. The molecule has 0 aromatic carbocycles. The molecule has 9 heavy (non-hydrogen) atoms. The second kappa shape index (κ2) is 2.97. The Morgan fingerprint density at radius 3 is 2.78 bits per heavy atom. The second-order valence-electron chi connectivity index (χ2n) is 2.84. The second-order valence-corrected chi connectivity index (χ2v) is 2.84. The summed E-state index contributed by atoms with van der Waals surface area (Å²) in [5, 5.41) is 0. The molecule has 0 radical (unpaired) electrons. The lowest BCUT2D eigenvalue weighted by Crippen LogP contribution is -2.20. The van der Waals surface area contributed by atoms with Gasteiger partial charge in [0.1, 0.15) is 6.29 Å². The van der Waals surface area contributed by atoms with Crippen molar-refractivity contribution in [1.82, 2.24) is 0 Å². The smallest absolute Gasteiger partial charge is 0.121 e. The summed E-state index contributed by atoms with van der Waals surface area (Å²) < 4.78 is 0. The first-order chi connectivity index (χ1) is 4.33. The van der Waals surface area contributed by atoms with Crippen LogP contribution in [0.25, 0.3) is 0 Å². The van der Waals surface area contributed by atoms with E-state index >= 15 is 0 Å². The van der Waals surface area contributed by atoms with Gasteiger partial charge in [-0.05, 0) is 12.3 Å². The molecule has 2 nitrogen and oxygen atoms in total. The highest BCUT2D eigenvalue weighted by atomic mass is 16.1. The topological polar surface area (TPSA) is 43.1 Å². The van der Waals surface area contributed by atoms with Gasteiger partial charge < -0.3 is 10.5 Å². The van der Waals surface area contributed by atoms with Gasteiger partial charge in [0, 0.05) is 12.5 Å². The van der Waals surface area contributed by atoms with E-state index in [1.54, 1.807) is 0 Å². The van der Waals surface area contributed by atoms with E-state index in [1.807, 2.05) is 0 Å². The fourth-order valence-corrected chi connectivity index (χ4v) is 1.00. The molecular weight excluding hydrogens is 114 g/mol. The van der Waals surface area contributed by atoms with Crippen LogP contribution in [0.4, 0.5) is 0 Å². The van der Waals surface area contributed by atoms with Crippen LogP contribution >= 0.6 is 0 Å². The van der Waals surface area contributed by atoms with E-state index in [9.17, 15) is 4.79 Å². The predicted octanol–water partition coefficient (Wildman–Crippen LogP) is 0.703. The number of rotatable bonds is 4. The normalized spacial score (nSPS) is 21.4. The first-order valence-corrected chi connectivity index (χ1v) is 3.52. The van der Waals surface area contributed by atoms with Crippen LogP contribution in [0.2, 0.25) is 0 Å². The number of nitrogens with two attached hydrogens (primary N) is 1. The van der Waals surface area contributed by atoms with Crippen molar-refractivity contribution in [3.8, 4) is 0 Å². The van der Waals surface area contributed by atoms with Crippen molar-refractivity contribution in [3.63, 3.8) is 0 Å². The third kappa shape index (κ3) is 2.61. The predicted molar refractivity (Wildman–Crippen MR) is 36.0 cm³/mol. The Labute approximate surface area is 55.4 Å². The van der Waals surface area contributed by atoms with E-state index in [0.29, 0.717) is 6.42 Å². The van der Waals surface area contributed by atoms with Gasteiger partial charge in [-0.3, -0.25) is 0 Å². The van der Waals surface area contributed by atoms with Gasteiger partial charge in [0.15, 0.2) is 0 Å². The van der Waals surface area contributed by atoms with E-state index in [-0.39, 0.29) is 6.04 Å². The molecule has 1 fully saturated rings. The van der Waals surface area contributed by atoms with Gasteiger partial charge in [0.2, 0.25) is 0 Å². The highest BCUT2D eigenvalue weighted by Gasteiger charge is 2.23. The largest absolute Gasteiger partial charge is 0.327 e. The fourth-order valence-electron chi connectivity index (χ4n) is 1.00. The summed E-state index contributed by atoms with van der Waals surface area (Å²) in [6.45, 7) is 0. The molecular formula is C7H13NO. The zero-order chi connectivity index (χ0) is 6.69. The summed E-state index contributed by atoms with van der Waals surface area (Å²) >= 11 is 0. The molecule has 0 amide bonds. The quantitative estimate of drug-likeness (QED) is 0.565. The summed E-state index contributed by atoms with van der Waals surface area (Å²) in [6.07, 6.45) is 5.15. The van der Waals surface area contributed by atoms with Crippen molar-refractivity contribution >= 4 is 6.29 Å². The summed E-state index contributed by atoms with van der Waals surface area (Å²) in [6, 6.07) is 0.134. The molecule has 52 valence electrons. The molecule has 0 bridgehead atoms. The zero-order valence-electron chi connectivity index (χ0n) is 5.55. The highest BCUT2D eigenvalue weighted by molar-refractivity contribution is 5.50. The first-order valence-electron chi connectivity index (χ1n) is 3.52. The van der Waals surface area contributed by atoms with Gasteiger partial charge in [-0.2, -0.15) is 0 Å². The SMILES string of the molecule is NC(CC=O)CC1CC1. The van der Waals surface area contributed by atoms with Gasteiger partial charge in [0.25, 0.3) is 0 Å². The average molecular weight is 127 g/mol. The molecule has 0 aliphatic heterocycles. The Hall–Kier alpha value is -0.370. The van der Waals surface area contributed by atoms with Crippen LogP contribution in [0.3, 0.4) is 0 Å². The number of carbonyl (C=O) groups is 1. The lowest BCUT2D eigenvalue weighted by atomic mass is 10.1. The van der Waals surface area contributed by atoms with E-state index in [0.717, 1.165) is 18.6 Å². The van der Waals surface area contributed by atoms with Crippen molar-refractivity contribution in [2.45, 2.75) is 31.7 Å². The third-order valence-electron chi connectivity index (χ3n) is 1.73. The molecule has 1 saturated carbocycles. The molecule has 0 heterocycles. The molecule has 1 aliphatic carbocycles. The van der Waals surface area contributed by atoms with E-state index in [2.05, 4.69) is 0 Å². The van der Waals surface area contributed by atoms with Crippen LogP contribution < -0.4 is 5.73 Å². The Balaban J connectivity index is 2.01. The maximum Gasteiger partial charge on any atom is 0.121 e. The van der Waals surface area contributed by atoms with Crippen LogP contribution in [0.15, 0.2) is 0 Å². The van der Waals surface area contributed by atoms with Crippen LogP contribution in [0, 0.1) is 5.92 Å². The lowest BCUT2D eigenvalue weighted by Gasteiger charge is -2.03. The van der Waals surface area contributed by atoms with Gasteiger partial charge in [0.05, 0.1) is 0 Å². The van der Waals surface area contributed by atoms with Crippen molar-refractivity contribution < 1.29 is 4.79 Å². The van der Waals surface area contributed by atoms with Gasteiger partial charge in [-0.25, -0.2) is 0 Å². The summed E-state index contributed by atoms with van der Waals surface area (Å²) in [7, 11) is 0. The number of hydrogen-bond acceptors (Lipinski definition) is 2. The maximum atomic E-state index is 9.94. The minimum Gasteiger partial charge on any atom is -0.327 e. The summed E-state index contributed by atoms with van der Waals surface area (Å²) in [4.78, 5) is 9.94. The first kappa shape index (κ1) is 6.75. The molecule has 1 unspecified atom stereocenters. The van der Waals surface area contributed by atoms with Gasteiger partial charge in [-0.1, -0.05) is 12.8 Å². The lowest BCUT2D eigenvalue weighted by molar-refractivity contribution is -0.108. The summed E-state index contributed by atoms with van der Waals surface area (Å²) in [5.74, 6) is 0.847. The Morgan fingerprint density at radius 2 is 2.33 bits per heavy atom. The van der Waals surface area contributed by atoms with Crippen molar-refractivity contribution in [2.24, 2.45) is 11.7 Å². The van der Waals surface area contributed by atoms with Crippen molar-refractivity contribution in [3.05, 3.63) is 0 Å². The van der Waals surface area contributed by atoms with E-state index in [1.165, 1.54) is 12.8 Å². The van der Waals surface area contributed by atoms with Crippen LogP contribution in [-0.4, -0.2) is 12.3 Å². The van der Waals surface area contributed by atoms with Gasteiger partial charge >= 0.3 is 0 Å². The van der Waals surface area contributed by atoms with Crippen LogP contribution in [0.1, 0.15) is 25.7 Å². The van der Waals surface area contributed by atoms with Crippen molar-refractivity contribution in [1.29, 1.82) is 0 Å². The fraction of sp³-hybridized carbons (Fsp3) is 0.857. The molecule has 0 aromatic rings.